The van der Waals surface area contributed by atoms with Crippen LogP contribution in [0.4, 0.5) is 18.9 Å². The van der Waals surface area contributed by atoms with Crippen LogP contribution in [0.5, 0.6) is 0 Å². The van der Waals surface area contributed by atoms with Crippen LogP contribution >= 0.6 is 0 Å². The lowest BCUT2D eigenvalue weighted by atomic mass is 9.75. The highest BCUT2D eigenvalue weighted by molar-refractivity contribution is 6.00. The molecular weight excluding hydrogens is 551 g/mol. The van der Waals surface area contributed by atoms with E-state index in [1.807, 2.05) is 13.8 Å². The number of ketones is 1. The van der Waals surface area contributed by atoms with E-state index in [-0.39, 0.29) is 41.7 Å². The van der Waals surface area contributed by atoms with Crippen LogP contribution in [-0.4, -0.2) is 64.6 Å². The van der Waals surface area contributed by atoms with Gasteiger partial charge in [0, 0.05) is 37.7 Å². The molecule has 0 spiro atoms. The summed E-state index contributed by atoms with van der Waals surface area (Å²) in [6.07, 6.45) is 0.267. The standard InChI is InChI=1S/C30H40F3N5O4/c1-4-42-25(40)8-6-5-7-13-37-14-11-19(12-15-37)35-22-16-20(9-10-21(22)28(34)41)38-23-17-29(2,3)18-24(39)26(23)27(36-38)30(31,32)33/h9-10,16,19,35H,4-8,11-15,17-18H2,1-3H3,(H2,34,41). The lowest BCUT2D eigenvalue weighted by Crippen LogP contribution is -2.39. The molecule has 0 unspecified atom stereocenters. The van der Waals surface area contributed by atoms with E-state index in [0.717, 1.165) is 51.7 Å². The van der Waals surface area contributed by atoms with Gasteiger partial charge < -0.3 is 20.7 Å². The molecule has 1 aliphatic heterocycles. The Bertz CT molecular complexity index is 1310. The molecule has 1 aliphatic carbocycles. The van der Waals surface area contributed by atoms with E-state index in [0.29, 0.717) is 24.4 Å². The molecule has 0 saturated carbocycles. The number of aromatic nitrogens is 2. The summed E-state index contributed by atoms with van der Waals surface area (Å²) in [7, 11) is 0. The maximum Gasteiger partial charge on any atom is 0.435 e. The minimum absolute atomic E-state index is 0.00842. The highest BCUT2D eigenvalue weighted by Gasteiger charge is 2.45. The van der Waals surface area contributed by atoms with Crippen molar-refractivity contribution >= 4 is 23.3 Å². The Morgan fingerprint density at radius 2 is 1.86 bits per heavy atom. The molecule has 4 rings (SSSR count). The third kappa shape index (κ3) is 7.50. The lowest BCUT2D eigenvalue weighted by molar-refractivity contribution is -0.143. The number of rotatable bonds is 11. The van der Waals surface area contributed by atoms with Crippen LogP contribution in [0.25, 0.3) is 5.69 Å². The number of primary amides is 1. The number of carbonyl (C=O) groups excluding carboxylic acids is 3. The Morgan fingerprint density at radius 1 is 1.14 bits per heavy atom. The average molecular weight is 592 g/mol. The second-order valence-electron chi connectivity index (χ2n) is 12.0. The van der Waals surface area contributed by atoms with Gasteiger partial charge in [0.2, 0.25) is 0 Å². The van der Waals surface area contributed by atoms with Crippen LogP contribution in [0.3, 0.4) is 0 Å². The summed E-state index contributed by atoms with van der Waals surface area (Å²) >= 11 is 0. The first-order valence-electron chi connectivity index (χ1n) is 14.6. The smallest absolute Gasteiger partial charge is 0.435 e. The molecule has 42 heavy (non-hydrogen) atoms. The predicted octanol–water partition coefficient (Wildman–Crippen LogP) is 5.14. The molecule has 9 nitrogen and oxygen atoms in total. The van der Waals surface area contributed by atoms with Gasteiger partial charge in [-0.05, 0) is 69.2 Å². The van der Waals surface area contributed by atoms with Gasteiger partial charge in [0.1, 0.15) is 0 Å². The third-order valence-electron chi connectivity index (χ3n) is 7.93. The Morgan fingerprint density at radius 3 is 2.50 bits per heavy atom. The molecule has 3 N–H and O–H groups in total. The predicted molar refractivity (Wildman–Crippen MR) is 152 cm³/mol. The number of amides is 1. The number of benzene rings is 1. The van der Waals surface area contributed by atoms with Crippen molar-refractivity contribution in [3.63, 3.8) is 0 Å². The van der Waals surface area contributed by atoms with Crippen LogP contribution in [0, 0.1) is 5.41 Å². The summed E-state index contributed by atoms with van der Waals surface area (Å²) in [5.41, 5.74) is 4.77. The van der Waals surface area contributed by atoms with Gasteiger partial charge in [0.25, 0.3) is 5.91 Å². The number of carbonyl (C=O) groups is 3. The van der Waals surface area contributed by atoms with Crippen molar-refractivity contribution in [2.45, 2.75) is 84.4 Å². The number of esters is 1. The number of ether oxygens (including phenoxy) is 1. The Balaban J connectivity index is 1.47. The molecule has 1 aromatic heterocycles. The number of nitrogens with one attached hydrogen (secondary N) is 1. The van der Waals surface area contributed by atoms with Crippen molar-refractivity contribution in [1.82, 2.24) is 14.7 Å². The maximum absolute atomic E-state index is 13.9. The monoisotopic (exact) mass is 591 g/mol. The third-order valence-corrected chi connectivity index (χ3v) is 7.93. The second-order valence-corrected chi connectivity index (χ2v) is 12.0. The zero-order chi connectivity index (χ0) is 30.7. The number of nitrogens with two attached hydrogens (primary N) is 1. The van der Waals surface area contributed by atoms with E-state index >= 15 is 0 Å². The maximum atomic E-state index is 13.9. The van der Waals surface area contributed by atoms with E-state index in [1.54, 1.807) is 13.0 Å². The first-order valence-corrected chi connectivity index (χ1v) is 14.6. The highest BCUT2D eigenvalue weighted by Crippen LogP contribution is 2.42. The molecule has 1 amide bonds. The number of hydrogen-bond donors (Lipinski definition) is 2. The van der Waals surface area contributed by atoms with Crippen molar-refractivity contribution in [2.75, 3.05) is 31.6 Å². The van der Waals surface area contributed by atoms with Crippen LogP contribution in [0.15, 0.2) is 18.2 Å². The van der Waals surface area contributed by atoms with E-state index in [2.05, 4.69) is 15.3 Å². The van der Waals surface area contributed by atoms with Crippen LogP contribution in [0.1, 0.15) is 97.8 Å². The van der Waals surface area contributed by atoms with Gasteiger partial charge in [-0.25, -0.2) is 4.68 Å². The van der Waals surface area contributed by atoms with E-state index < -0.39 is 29.0 Å². The summed E-state index contributed by atoms with van der Waals surface area (Å²) < 4.78 is 47.9. The number of halogens is 3. The fraction of sp³-hybridized carbons (Fsp3) is 0.600. The molecule has 0 bridgehead atoms. The topological polar surface area (TPSA) is 120 Å². The van der Waals surface area contributed by atoms with Gasteiger partial charge in [-0.15, -0.1) is 0 Å². The van der Waals surface area contributed by atoms with E-state index in [1.165, 1.54) is 16.8 Å². The van der Waals surface area contributed by atoms with Gasteiger partial charge in [-0.2, -0.15) is 18.3 Å². The molecule has 1 aromatic carbocycles. The molecule has 0 atom stereocenters. The summed E-state index contributed by atoms with van der Waals surface area (Å²) in [5, 5.41) is 7.27. The molecule has 230 valence electrons. The van der Waals surface area contributed by atoms with Crippen molar-refractivity contribution in [2.24, 2.45) is 11.1 Å². The average Bonchev–Trinajstić information content (AvgIpc) is 3.29. The van der Waals surface area contributed by atoms with Crippen molar-refractivity contribution < 1.29 is 32.3 Å². The highest BCUT2D eigenvalue weighted by atomic mass is 19.4. The molecular formula is C30H40F3N5O4. The number of fused-ring (bicyclic) bond motifs is 1. The van der Waals surface area contributed by atoms with Crippen LogP contribution in [0.2, 0.25) is 0 Å². The molecule has 1 saturated heterocycles. The fourth-order valence-corrected chi connectivity index (χ4v) is 5.89. The van der Waals surface area contributed by atoms with Gasteiger partial charge in [-0.3, -0.25) is 14.4 Å². The number of alkyl halides is 3. The van der Waals surface area contributed by atoms with Crippen molar-refractivity contribution in [3.05, 3.63) is 40.7 Å². The van der Waals surface area contributed by atoms with Crippen molar-refractivity contribution in [1.29, 1.82) is 0 Å². The lowest BCUT2D eigenvalue weighted by Gasteiger charge is -2.33. The molecule has 2 aromatic rings. The second kappa shape index (κ2) is 12.8. The number of likely N-dealkylation sites (tertiary alicyclic amines) is 1. The Hall–Kier alpha value is -3.41. The number of unbranched alkanes of at least 4 members (excludes halogenated alkanes) is 2. The zero-order valence-electron chi connectivity index (χ0n) is 24.5. The Labute approximate surface area is 243 Å². The molecule has 12 heteroatoms. The fourth-order valence-electron chi connectivity index (χ4n) is 5.89. The van der Waals surface area contributed by atoms with Crippen LogP contribution in [-0.2, 0) is 22.1 Å². The minimum atomic E-state index is -4.78. The SMILES string of the molecule is CCOC(=O)CCCCCN1CCC(Nc2cc(-n3nc(C(F)(F)F)c4c3CC(C)(C)CC4=O)ccc2C(N)=O)CC1. The summed E-state index contributed by atoms with van der Waals surface area (Å²) in [4.78, 5) is 38.9. The largest absolute Gasteiger partial charge is 0.466 e. The summed E-state index contributed by atoms with van der Waals surface area (Å²) in [5.74, 6) is -1.38. The Kier molecular flexibility index (Phi) is 9.64. The van der Waals surface area contributed by atoms with Crippen LogP contribution < -0.4 is 11.1 Å². The van der Waals surface area contributed by atoms with E-state index in [4.69, 9.17) is 10.5 Å². The molecule has 2 heterocycles. The normalized spacial score (nSPS) is 17.6. The molecule has 2 aliphatic rings. The van der Waals surface area contributed by atoms with Gasteiger partial charge >= 0.3 is 12.1 Å². The summed E-state index contributed by atoms with van der Waals surface area (Å²) in [6, 6.07) is 4.63. The number of Topliss-reactive ketones (excluding diaryl/α,β-unsaturated/α-hetero) is 1. The van der Waals surface area contributed by atoms with E-state index in [9.17, 15) is 27.6 Å². The summed E-state index contributed by atoms with van der Waals surface area (Å²) in [6.45, 7) is 8.51. The number of nitrogens with zero attached hydrogens (tertiary/aromatic N) is 3. The quantitative estimate of drug-likeness (QED) is 0.274. The minimum Gasteiger partial charge on any atom is -0.466 e. The van der Waals surface area contributed by atoms with Gasteiger partial charge in [0.15, 0.2) is 11.5 Å². The molecule has 1 fully saturated rings. The number of anilines is 1. The first-order chi connectivity index (χ1) is 19.8. The number of hydrogen-bond acceptors (Lipinski definition) is 7. The van der Waals surface area contributed by atoms with Gasteiger partial charge in [0.05, 0.1) is 29.1 Å². The number of piperidine rings is 1. The van der Waals surface area contributed by atoms with Crippen molar-refractivity contribution in [3.8, 4) is 5.69 Å². The first kappa shape index (κ1) is 31.5. The van der Waals surface area contributed by atoms with Gasteiger partial charge in [-0.1, -0.05) is 20.3 Å². The molecule has 0 radical (unpaired) electrons. The zero-order valence-corrected chi connectivity index (χ0v) is 24.5.